The first-order chi connectivity index (χ1) is 5.24. The van der Waals surface area contributed by atoms with Crippen molar-refractivity contribution in [1.82, 2.24) is 0 Å². The highest BCUT2D eigenvalue weighted by Gasteiger charge is 2.24. The van der Waals surface area contributed by atoms with Crippen LogP contribution in [-0.4, -0.2) is 25.9 Å². The normalized spacial score (nSPS) is 10.6. The van der Waals surface area contributed by atoms with E-state index in [0.29, 0.717) is 6.08 Å². The highest BCUT2D eigenvalue weighted by Crippen LogP contribution is 2.28. The first-order valence-electron chi connectivity index (χ1n) is 2.50. The van der Waals surface area contributed by atoms with E-state index < -0.39 is 21.3 Å². The van der Waals surface area contributed by atoms with Crippen molar-refractivity contribution in [3.63, 3.8) is 0 Å². The molecule has 0 aliphatic carbocycles. The van der Waals surface area contributed by atoms with E-state index in [1.54, 1.807) is 0 Å². The standard InChI is InChI=1S/C5H3Cl3O4/c6-5(7,8)1-2(3(9)10)4(11)12/h1H,(H,9,10)(H,11,12). The predicted octanol–water partition coefficient (Wildman–Crippen LogP) is 1.45. The molecule has 0 saturated carbocycles. The van der Waals surface area contributed by atoms with Gasteiger partial charge >= 0.3 is 11.9 Å². The molecule has 7 heteroatoms. The Balaban J connectivity index is 4.88. The molecular weight excluding hydrogens is 230 g/mol. The van der Waals surface area contributed by atoms with Crippen molar-refractivity contribution in [2.45, 2.75) is 3.79 Å². The molecule has 0 fully saturated rings. The Kier molecular flexibility index (Phi) is 3.83. The lowest BCUT2D eigenvalue weighted by atomic mass is 10.2. The highest BCUT2D eigenvalue weighted by atomic mass is 35.6. The predicted molar refractivity (Wildman–Crippen MR) is 43.6 cm³/mol. The third-order valence-electron chi connectivity index (χ3n) is 0.769. The molecule has 0 aliphatic rings. The van der Waals surface area contributed by atoms with E-state index in [0.717, 1.165) is 0 Å². The summed E-state index contributed by atoms with van der Waals surface area (Å²) in [7, 11) is 0. The lowest BCUT2D eigenvalue weighted by Gasteiger charge is -2.03. The molecule has 0 saturated heterocycles. The maximum absolute atomic E-state index is 10.2. The van der Waals surface area contributed by atoms with Crippen molar-refractivity contribution in [2.24, 2.45) is 0 Å². The molecule has 0 heterocycles. The van der Waals surface area contributed by atoms with Gasteiger partial charge in [-0.15, -0.1) is 0 Å². The Labute approximate surface area is 82.3 Å². The molecule has 0 aromatic rings. The van der Waals surface area contributed by atoms with Crippen LogP contribution in [0.3, 0.4) is 0 Å². The second-order valence-electron chi connectivity index (χ2n) is 1.71. The van der Waals surface area contributed by atoms with Crippen molar-refractivity contribution in [1.29, 1.82) is 0 Å². The molecule has 68 valence electrons. The zero-order valence-electron chi connectivity index (χ0n) is 5.42. The number of aliphatic carboxylic acids is 2. The van der Waals surface area contributed by atoms with E-state index in [2.05, 4.69) is 0 Å². The van der Waals surface area contributed by atoms with Crippen LogP contribution < -0.4 is 0 Å². The molecule has 0 rings (SSSR count). The maximum atomic E-state index is 10.2. The third-order valence-corrected chi connectivity index (χ3v) is 1.10. The van der Waals surface area contributed by atoms with Crippen LogP contribution in [0.15, 0.2) is 11.6 Å². The summed E-state index contributed by atoms with van der Waals surface area (Å²) >= 11 is 15.4. The summed E-state index contributed by atoms with van der Waals surface area (Å²) in [5.41, 5.74) is -0.977. The molecule has 4 nitrogen and oxygen atoms in total. The minimum atomic E-state index is -2.02. The Morgan fingerprint density at radius 2 is 1.42 bits per heavy atom. The zero-order chi connectivity index (χ0) is 9.94. The largest absolute Gasteiger partial charge is 0.477 e. The van der Waals surface area contributed by atoms with Crippen molar-refractivity contribution < 1.29 is 19.8 Å². The Hall–Kier alpha value is -0.450. The van der Waals surface area contributed by atoms with E-state index in [1.807, 2.05) is 0 Å². The number of alkyl halides is 3. The van der Waals surface area contributed by atoms with Crippen LogP contribution in [0, 0.1) is 0 Å². The molecule has 0 atom stereocenters. The van der Waals surface area contributed by atoms with Gasteiger partial charge in [-0.25, -0.2) is 9.59 Å². The third kappa shape index (κ3) is 4.43. The summed E-state index contributed by atoms with van der Waals surface area (Å²) in [5, 5.41) is 16.6. The van der Waals surface area contributed by atoms with Crippen molar-refractivity contribution in [2.75, 3.05) is 0 Å². The second kappa shape index (κ2) is 3.98. The van der Waals surface area contributed by atoms with Gasteiger partial charge in [-0.3, -0.25) is 0 Å². The van der Waals surface area contributed by atoms with E-state index in [9.17, 15) is 9.59 Å². The molecular formula is C5H3Cl3O4. The highest BCUT2D eigenvalue weighted by molar-refractivity contribution is 6.69. The molecule has 0 spiro atoms. The van der Waals surface area contributed by atoms with E-state index in [1.165, 1.54) is 0 Å². The fourth-order valence-corrected chi connectivity index (χ4v) is 0.706. The van der Waals surface area contributed by atoms with Crippen LogP contribution in [0.4, 0.5) is 0 Å². The van der Waals surface area contributed by atoms with E-state index >= 15 is 0 Å². The molecule has 0 aromatic heterocycles. The summed E-state index contributed by atoms with van der Waals surface area (Å²) in [6.45, 7) is 0. The van der Waals surface area contributed by atoms with Crippen LogP contribution in [0.5, 0.6) is 0 Å². The van der Waals surface area contributed by atoms with Gasteiger partial charge < -0.3 is 10.2 Å². The molecule has 0 radical (unpaired) electrons. The average Bonchev–Trinajstić information content (AvgIpc) is 1.79. The van der Waals surface area contributed by atoms with Gasteiger partial charge in [0.15, 0.2) is 0 Å². The number of halogens is 3. The molecule has 0 aromatic carbocycles. The molecule has 0 unspecified atom stereocenters. The van der Waals surface area contributed by atoms with Gasteiger partial charge in [0.05, 0.1) is 0 Å². The summed E-state index contributed by atoms with van der Waals surface area (Å²) < 4.78 is -2.02. The lowest BCUT2D eigenvalue weighted by Crippen LogP contribution is -2.14. The number of hydrogen-bond acceptors (Lipinski definition) is 2. The van der Waals surface area contributed by atoms with Gasteiger partial charge in [-0.2, -0.15) is 0 Å². The molecule has 12 heavy (non-hydrogen) atoms. The van der Waals surface area contributed by atoms with Gasteiger partial charge in [-0.1, -0.05) is 34.8 Å². The van der Waals surface area contributed by atoms with Crippen molar-refractivity contribution >= 4 is 46.7 Å². The number of carboxylic acids is 2. The number of carboxylic acid groups (broad SMARTS) is 2. The van der Waals surface area contributed by atoms with Crippen LogP contribution in [0.2, 0.25) is 0 Å². The Bertz CT molecular complexity index is 224. The summed E-state index contributed by atoms with van der Waals surface area (Å²) in [6, 6.07) is 0. The van der Waals surface area contributed by atoms with Crippen LogP contribution in [0.25, 0.3) is 0 Å². The summed E-state index contributed by atoms with van der Waals surface area (Å²) in [4.78, 5) is 20.4. The van der Waals surface area contributed by atoms with Gasteiger partial charge in [0.25, 0.3) is 0 Å². The first-order valence-corrected chi connectivity index (χ1v) is 3.63. The number of allylic oxidation sites excluding steroid dienone is 1. The van der Waals surface area contributed by atoms with E-state index in [-0.39, 0.29) is 0 Å². The smallest absolute Gasteiger partial charge is 0.342 e. The molecule has 0 aliphatic heterocycles. The summed E-state index contributed by atoms with van der Waals surface area (Å²) in [5.74, 6) is -3.32. The molecule has 0 amide bonds. The number of rotatable bonds is 2. The fraction of sp³-hybridized carbons (Fsp3) is 0.200. The zero-order valence-corrected chi connectivity index (χ0v) is 7.69. The maximum Gasteiger partial charge on any atom is 0.342 e. The van der Waals surface area contributed by atoms with Gasteiger partial charge in [0, 0.05) is 0 Å². The van der Waals surface area contributed by atoms with Crippen molar-refractivity contribution in [3.05, 3.63) is 11.6 Å². The van der Waals surface area contributed by atoms with Crippen LogP contribution >= 0.6 is 34.8 Å². The van der Waals surface area contributed by atoms with Gasteiger partial charge in [0.1, 0.15) is 5.57 Å². The van der Waals surface area contributed by atoms with Gasteiger partial charge in [0.2, 0.25) is 3.79 Å². The number of carbonyl (C=O) groups is 2. The average molecular weight is 233 g/mol. The molecule has 2 N–H and O–H groups in total. The van der Waals surface area contributed by atoms with Crippen LogP contribution in [0.1, 0.15) is 0 Å². The topological polar surface area (TPSA) is 74.6 Å². The molecule has 0 bridgehead atoms. The Morgan fingerprint density at radius 1 is 1.08 bits per heavy atom. The van der Waals surface area contributed by atoms with Crippen LogP contribution in [-0.2, 0) is 9.59 Å². The summed E-state index contributed by atoms with van der Waals surface area (Å²) in [6.07, 6.45) is 0.516. The van der Waals surface area contributed by atoms with Crippen molar-refractivity contribution in [3.8, 4) is 0 Å². The minimum Gasteiger partial charge on any atom is -0.477 e. The second-order valence-corrected chi connectivity index (χ2v) is 4.08. The lowest BCUT2D eigenvalue weighted by molar-refractivity contribution is -0.140. The quantitative estimate of drug-likeness (QED) is 0.328. The fourth-order valence-electron chi connectivity index (χ4n) is 0.379. The first kappa shape index (κ1) is 11.6. The minimum absolute atomic E-state index is 0.516. The SMILES string of the molecule is O=C(O)C(=CC(Cl)(Cl)Cl)C(=O)O. The Morgan fingerprint density at radius 3 is 1.50 bits per heavy atom. The van der Waals surface area contributed by atoms with Gasteiger partial charge in [-0.05, 0) is 6.08 Å². The van der Waals surface area contributed by atoms with E-state index in [4.69, 9.17) is 45.0 Å². The number of hydrogen-bond donors (Lipinski definition) is 2. The monoisotopic (exact) mass is 232 g/mol.